The summed E-state index contributed by atoms with van der Waals surface area (Å²) >= 11 is 0. The van der Waals surface area contributed by atoms with Crippen molar-refractivity contribution in [2.45, 2.75) is 58.2 Å². The van der Waals surface area contributed by atoms with E-state index in [0.717, 1.165) is 31.6 Å². The van der Waals surface area contributed by atoms with Crippen LogP contribution in [0, 0.1) is 5.92 Å². The molecule has 2 aliphatic rings. The molecule has 1 aliphatic heterocycles. The Labute approximate surface area is 123 Å². The molecule has 3 rings (SSSR count). The fourth-order valence-corrected chi connectivity index (χ4v) is 3.84. The molecule has 0 bridgehead atoms. The minimum absolute atomic E-state index is 0.795. The van der Waals surface area contributed by atoms with Crippen LogP contribution in [-0.2, 0) is 19.5 Å². The van der Waals surface area contributed by atoms with E-state index >= 15 is 0 Å². The first kappa shape index (κ1) is 14.1. The third-order valence-electron chi connectivity index (χ3n) is 5.27. The van der Waals surface area contributed by atoms with Gasteiger partial charge in [0.2, 0.25) is 0 Å². The molecule has 0 spiro atoms. The highest BCUT2D eigenvalue weighted by Crippen LogP contribution is 2.28. The summed E-state index contributed by atoms with van der Waals surface area (Å²) in [6.07, 6.45) is 6.78. The molecule has 0 saturated heterocycles. The van der Waals surface area contributed by atoms with E-state index in [9.17, 15) is 0 Å². The van der Waals surface area contributed by atoms with Gasteiger partial charge in [-0.05, 0) is 68.3 Å². The highest BCUT2D eigenvalue weighted by atomic mass is 15.1. The van der Waals surface area contributed by atoms with Crippen molar-refractivity contribution in [3.63, 3.8) is 0 Å². The van der Waals surface area contributed by atoms with Crippen LogP contribution in [0.4, 0.5) is 0 Å². The quantitative estimate of drug-likeness (QED) is 0.908. The zero-order valence-electron chi connectivity index (χ0n) is 13.0. The zero-order chi connectivity index (χ0) is 13.9. The second-order valence-electron chi connectivity index (χ2n) is 6.81. The summed E-state index contributed by atoms with van der Waals surface area (Å²) in [5.74, 6) is 0.940. The SMILES string of the molecule is CC1CCC(N(C)Cc2cccc3c2CCNC3)CC1. The number of benzene rings is 1. The summed E-state index contributed by atoms with van der Waals surface area (Å²) in [6, 6.07) is 7.65. The standard InChI is InChI=1S/C18H28N2/c1-14-6-8-17(9-7-14)20(2)13-16-5-3-4-15-12-19-11-10-18(15)16/h3-5,14,17,19H,6-13H2,1-2H3. The number of hydrogen-bond donors (Lipinski definition) is 1. The molecule has 0 aromatic heterocycles. The molecule has 1 fully saturated rings. The first-order chi connectivity index (χ1) is 9.74. The number of nitrogens with one attached hydrogen (secondary N) is 1. The Bertz CT molecular complexity index is 447. The Morgan fingerprint density at radius 3 is 2.80 bits per heavy atom. The van der Waals surface area contributed by atoms with Gasteiger partial charge < -0.3 is 5.32 Å². The lowest BCUT2D eigenvalue weighted by Gasteiger charge is -2.34. The van der Waals surface area contributed by atoms with Crippen molar-refractivity contribution in [1.29, 1.82) is 0 Å². The molecule has 1 aromatic rings. The zero-order valence-corrected chi connectivity index (χ0v) is 13.0. The van der Waals surface area contributed by atoms with Crippen LogP contribution in [0.1, 0.15) is 49.3 Å². The molecule has 1 N–H and O–H groups in total. The van der Waals surface area contributed by atoms with Gasteiger partial charge in [0.25, 0.3) is 0 Å². The van der Waals surface area contributed by atoms with Gasteiger partial charge in [-0.25, -0.2) is 0 Å². The molecule has 0 unspecified atom stereocenters. The average molecular weight is 272 g/mol. The van der Waals surface area contributed by atoms with E-state index in [4.69, 9.17) is 0 Å². The maximum atomic E-state index is 3.48. The summed E-state index contributed by atoms with van der Waals surface area (Å²) < 4.78 is 0. The Hall–Kier alpha value is -0.860. The molecule has 0 amide bonds. The normalized spacial score (nSPS) is 26.6. The van der Waals surface area contributed by atoms with Gasteiger partial charge in [-0.3, -0.25) is 4.90 Å². The van der Waals surface area contributed by atoms with E-state index in [1.807, 2.05) is 0 Å². The number of rotatable bonds is 3. The summed E-state index contributed by atoms with van der Waals surface area (Å²) in [7, 11) is 2.32. The van der Waals surface area contributed by atoms with Crippen molar-refractivity contribution in [3.8, 4) is 0 Å². The topological polar surface area (TPSA) is 15.3 Å². The number of nitrogens with zero attached hydrogens (tertiary/aromatic N) is 1. The highest BCUT2D eigenvalue weighted by Gasteiger charge is 2.22. The van der Waals surface area contributed by atoms with Gasteiger partial charge in [0.1, 0.15) is 0 Å². The minimum atomic E-state index is 0.795. The Balaban J connectivity index is 1.68. The predicted molar refractivity (Wildman–Crippen MR) is 84.7 cm³/mol. The lowest BCUT2D eigenvalue weighted by atomic mass is 9.86. The monoisotopic (exact) mass is 272 g/mol. The molecule has 0 atom stereocenters. The van der Waals surface area contributed by atoms with Gasteiger partial charge in [-0.1, -0.05) is 25.1 Å². The Morgan fingerprint density at radius 1 is 1.20 bits per heavy atom. The van der Waals surface area contributed by atoms with Gasteiger partial charge in [-0.2, -0.15) is 0 Å². The van der Waals surface area contributed by atoms with Gasteiger partial charge >= 0.3 is 0 Å². The number of fused-ring (bicyclic) bond motifs is 1. The first-order valence-corrected chi connectivity index (χ1v) is 8.24. The molecule has 1 saturated carbocycles. The summed E-state index contributed by atoms with van der Waals surface area (Å²) in [5.41, 5.74) is 4.69. The van der Waals surface area contributed by atoms with Gasteiger partial charge in [0.15, 0.2) is 0 Å². The summed E-state index contributed by atoms with van der Waals surface area (Å²) in [4.78, 5) is 2.60. The van der Waals surface area contributed by atoms with Gasteiger partial charge in [-0.15, -0.1) is 0 Å². The molecule has 0 radical (unpaired) electrons. The van der Waals surface area contributed by atoms with Crippen molar-refractivity contribution in [2.24, 2.45) is 5.92 Å². The van der Waals surface area contributed by atoms with Crippen molar-refractivity contribution >= 4 is 0 Å². The van der Waals surface area contributed by atoms with Gasteiger partial charge in [0.05, 0.1) is 0 Å². The van der Waals surface area contributed by atoms with E-state index in [0.29, 0.717) is 0 Å². The van der Waals surface area contributed by atoms with E-state index in [1.54, 1.807) is 11.1 Å². The number of hydrogen-bond acceptors (Lipinski definition) is 2. The predicted octanol–water partition coefficient (Wildman–Crippen LogP) is 3.34. The van der Waals surface area contributed by atoms with Gasteiger partial charge in [0, 0.05) is 19.1 Å². The maximum absolute atomic E-state index is 3.48. The highest BCUT2D eigenvalue weighted by molar-refractivity contribution is 5.37. The minimum Gasteiger partial charge on any atom is -0.312 e. The largest absolute Gasteiger partial charge is 0.312 e. The third kappa shape index (κ3) is 3.07. The smallest absolute Gasteiger partial charge is 0.0236 e. The van der Waals surface area contributed by atoms with E-state index < -0.39 is 0 Å². The van der Waals surface area contributed by atoms with Crippen molar-refractivity contribution < 1.29 is 0 Å². The van der Waals surface area contributed by atoms with Crippen LogP contribution in [0.25, 0.3) is 0 Å². The lowest BCUT2D eigenvalue weighted by molar-refractivity contribution is 0.163. The molecular weight excluding hydrogens is 244 g/mol. The van der Waals surface area contributed by atoms with Crippen LogP contribution < -0.4 is 5.32 Å². The first-order valence-electron chi connectivity index (χ1n) is 8.24. The molecule has 1 heterocycles. The molecule has 2 heteroatoms. The fraction of sp³-hybridized carbons (Fsp3) is 0.667. The van der Waals surface area contributed by atoms with Crippen LogP contribution in [0.2, 0.25) is 0 Å². The second-order valence-corrected chi connectivity index (χ2v) is 6.81. The average Bonchev–Trinajstić information content (AvgIpc) is 2.48. The fourth-order valence-electron chi connectivity index (χ4n) is 3.84. The summed E-state index contributed by atoms with van der Waals surface area (Å²) in [6.45, 7) is 5.71. The van der Waals surface area contributed by atoms with E-state index in [2.05, 4.69) is 42.4 Å². The van der Waals surface area contributed by atoms with E-state index in [-0.39, 0.29) is 0 Å². The molecule has 1 aliphatic carbocycles. The van der Waals surface area contributed by atoms with Crippen LogP contribution in [0.5, 0.6) is 0 Å². The van der Waals surface area contributed by atoms with Crippen LogP contribution >= 0.6 is 0 Å². The molecular formula is C18H28N2. The second kappa shape index (κ2) is 6.28. The Kier molecular flexibility index (Phi) is 4.42. The molecule has 20 heavy (non-hydrogen) atoms. The summed E-state index contributed by atoms with van der Waals surface area (Å²) in [5, 5.41) is 3.48. The van der Waals surface area contributed by atoms with Crippen LogP contribution in [0.3, 0.4) is 0 Å². The van der Waals surface area contributed by atoms with Crippen LogP contribution in [-0.4, -0.2) is 24.5 Å². The lowest BCUT2D eigenvalue weighted by Crippen LogP contribution is -2.35. The Morgan fingerprint density at radius 2 is 2.00 bits per heavy atom. The molecule has 2 nitrogen and oxygen atoms in total. The van der Waals surface area contributed by atoms with E-state index in [1.165, 1.54) is 37.7 Å². The van der Waals surface area contributed by atoms with Crippen molar-refractivity contribution in [3.05, 3.63) is 34.9 Å². The third-order valence-corrected chi connectivity index (χ3v) is 5.27. The van der Waals surface area contributed by atoms with Crippen LogP contribution in [0.15, 0.2) is 18.2 Å². The maximum Gasteiger partial charge on any atom is 0.0236 e. The van der Waals surface area contributed by atoms with Crippen molar-refractivity contribution in [2.75, 3.05) is 13.6 Å². The van der Waals surface area contributed by atoms with Crippen molar-refractivity contribution in [1.82, 2.24) is 10.2 Å². The molecule has 110 valence electrons. The molecule has 1 aromatic carbocycles.